The van der Waals surface area contributed by atoms with Gasteiger partial charge in [0.15, 0.2) is 0 Å². The summed E-state index contributed by atoms with van der Waals surface area (Å²) in [5.41, 5.74) is 2.01. The molecule has 0 saturated carbocycles. The van der Waals surface area contributed by atoms with Crippen molar-refractivity contribution in [3.63, 3.8) is 0 Å². The molecule has 0 bridgehead atoms. The lowest BCUT2D eigenvalue weighted by atomic mass is 9.93. The summed E-state index contributed by atoms with van der Waals surface area (Å²) < 4.78 is 7.82. The zero-order chi connectivity index (χ0) is 20.5. The Morgan fingerprint density at radius 3 is 2.55 bits per heavy atom. The van der Waals surface area contributed by atoms with Gasteiger partial charge in [0, 0.05) is 38.8 Å². The summed E-state index contributed by atoms with van der Waals surface area (Å²) in [6.45, 7) is 2.84. The first kappa shape index (κ1) is 19.4. The number of aromatic nitrogens is 3. The summed E-state index contributed by atoms with van der Waals surface area (Å²) in [5.74, 6) is 1.15. The van der Waals surface area contributed by atoms with Gasteiger partial charge in [-0.3, -0.25) is 18.8 Å². The second-order valence-corrected chi connectivity index (χ2v) is 7.74. The quantitative estimate of drug-likeness (QED) is 0.677. The molecule has 1 aromatic carbocycles. The van der Waals surface area contributed by atoms with Crippen molar-refractivity contribution in [3.05, 3.63) is 68.5 Å². The van der Waals surface area contributed by atoms with Crippen LogP contribution in [0.1, 0.15) is 30.0 Å². The van der Waals surface area contributed by atoms with Crippen molar-refractivity contribution in [3.8, 4) is 5.75 Å². The first-order valence-electron chi connectivity index (χ1n) is 9.90. The highest BCUT2D eigenvalue weighted by Gasteiger charge is 2.23. The molecule has 0 N–H and O–H groups in total. The molecular weight excluding hydrogens is 368 g/mol. The number of pyridine rings is 1. The van der Waals surface area contributed by atoms with Crippen LogP contribution in [0.25, 0.3) is 11.0 Å². The van der Waals surface area contributed by atoms with Crippen LogP contribution in [0.2, 0.25) is 0 Å². The number of nitrogens with zero attached hydrogens (tertiary/aromatic N) is 4. The van der Waals surface area contributed by atoms with Gasteiger partial charge in [-0.1, -0.05) is 12.1 Å². The predicted molar refractivity (Wildman–Crippen MR) is 112 cm³/mol. The maximum absolute atomic E-state index is 12.4. The second kappa shape index (κ2) is 7.83. The Balaban J connectivity index is 1.58. The minimum absolute atomic E-state index is 0.283. The number of rotatable bonds is 4. The molecule has 29 heavy (non-hydrogen) atoms. The molecule has 152 valence electrons. The normalized spacial score (nSPS) is 17.6. The zero-order valence-corrected chi connectivity index (χ0v) is 17.1. The predicted octanol–water partition coefficient (Wildman–Crippen LogP) is 2.02. The van der Waals surface area contributed by atoms with Crippen molar-refractivity contribution in [1.29, 1.82) is 0 Å². The number of hydrogen-bond donors (Lipinski definition) is 0. The number of ether oxygens (including phenoxy) is 1. The van der Waals surface area contributed by atoms with Crippen LogP contribution in [0.5, 0.6) is 5.75 Å². The van der Waals surface area contributed by atoms with Crippen LogP contribution in [0.3, 0.4) is 0 Å². The molecule has 0 radical (unpaired) electrons. The van der Waals surface area contributed by atoms with E-state index in [1.165, 1.54) is 17.2 Å². The summed E-state index contributed by atoms with van der Waals surface area (Å²) in [7, 11) is 4.83. The van der Waals surface area contributed by atoms with Crippen molar-refractivity contribution >= 4 is 11.0 Å². The number of aryl methyl sites for hydroxylation is 1. The van der Waals surface area contributed by atoms with Gasteiger partial charge in [0.1, 0.15) is 11.4 Å². The molecule has 0 unspecified atom stereocenters. The first-order chi connectivity index (χ1) is 14.0. The monoisotopic (exact) mass is 394 g/mol. The van der Waals surface area contributed by atoms with Crippen LogP contribution in [0, 0.1) is 0 Å². The van der Waals surface area contributed by atoms with E-state index < -0.39 is 0 Å². The number of hydrogen-bond acceptors (Lipinski definition) is 5. The zero-order valence-electron chi connectivity index (χ0n) is 17.1. The fraction of sp³-hybridized carbons (Fsp3) is 0.409. The van der Waals surface area contributed by atoms with Crippen LogP contribution in [-0.4, -0.2) is 39.2 Å². The van der Waals surface area contributed by atoms with E-state index in [0.717, 1.165) is 48.5 Å². The van der Waals surface area contributed by atoms with Gasteiger partial charge in [0.25, 0.3) is 5.56 Å². The van der Waals surface area contributed by atoms with Gasteiger partial charge < -0.3 is 4.74 Å². The van der Waals surface area contributed by atoms with E-state index in [4.69, 9.17) is 9.72 Å². The third-order valence-electron chi connectivity index (χ3n) is 5.81. The highest BCUT2D eigenvalue weighted by molar-refractivity contribution is 5.74. The minimum Gasteiger partial charge on any atom is -0.497 e. The van der Waals surface area contributed by atoms with Gasteiger partial charge in [0.2, 0.25) is 0 Å². The van der Waals surface area contributed by atoms with Crippen molar-refractivity contribution in [1.82, 2.24) is 19.0 Å². The van der Waals surface area contributed by atoms with E-state index >= 15 is 0 Å². The third kappa shape index (κ3) is 3.70. The fourth-order valence-corrected chi connectivity index (χ4v) is 4.13. The van der Waals surface area contributed by atoms with Gasteiger partial charge in [-0.15, -0.1) is 0 Å². The molecule has 7 nitrogen and oxygen atoms in total. The number of benzene rings is 1. The summed E-state index contributed by atoms with van der Waals surface area (Å²) in [5, 5.41) is 0.476. The average Bonchev–Trinajstić information content (AvgIpc) is 2.76. The summed E-state index contributed by atoms with van der Waals surface area (Å²) >= 11 is 0. The SMILES string of the molecule is COc1ccc(CN2CCC[C@@H](c3ccc4c(=O)n(C)c(=O)n(C)c4n3)C2)cc1. The Morgan fingerprint density at radius 2 is 1.83 bits per heavy atom. The smallest absolute Gasteiger partial charge is 0.332 e. The number of piperidine rings is 1. The lowest BCUT2D eigenvalue weighted by molar-refractivity contribution is 0.198. The van der Waals surface area contributed by atoms with E-state index in [0.29, 0.717) is 11.0 Å². The third-order valence-corrected chi connectivity index (χ3v) is 5.81. The molecule has 0 spiro atoms. The van der Waals surface area contributed by atoms with Gasteiger partial charge in [-0.2, -0.15) is 0 Å². The van der Waals surface area contributed by atoms with E-state index in [-0.39, 0.29) is 17.2 Å². The molecular formula is C22H26N4O3. The Bertz CT molecular complexity index is 1150. The van der Waals surface area contributed by atoms with Crippen molar-refractivity contribution in [2.24, 2.45) is 14.1 Å². The molecule has 0 aliphatic carbocycles. The van der Waals surface area contributed by atoms with Crippen LogP contribution < -0.4 is 16.0 Å². The molecule has 1 atom stereocenters. The van der Waals surface area contributed by atoms with Crippen LogP contribution in [0.4, 0.5) is 0 Å². The minimum atomic E-state index is -0.350. The second-order valence-electron chi connectivity index (χ2n) is 7.74. The topological polar surface area (TPSA) is 69.4 Å². The molecule has 1 saturated heterocycles. The number of likely N-dealkylation sites (tertiary alicyclic amines) is 1. The van der Waals surface area contributed by atoms with E-state index in [9.17, 15) is 9.59 Å². The van der Waals surface area contributed by atoms with Gasteiger partial charge in [-0.05, 0) is 49.2 Å². The van der Waals surface area contributed by atoms with Gasteiger partial charge in [-0.25, -0.2) is 9.78 Å². The number of methoxy groups -OCH3 is 1. The highest BCUT2D eigenvalue weighted by atomic mass is 16.5. The summed E-state index contributed by atoms with van der Waals surface area (Å²) in [6, 6.07) is 11.9. The molecule has 7 heteroatoms. The van der Waals surface area contributed by atoms with Gasteiger partial charge in [0.05, 0.1) is 12.5 Å². The molecule has 3 aromatic rings. The molecule has 3 heterocycles. The molecule has 1 aliphatic heterocycles. The molecule has 2 aromatic heterocycles. The standard InChI is InChI=1S/C22H26N4O3/c1-24-20-18(21(27)25(2)22(24)28)10-11-19(23-20)16-5-4-12-26(14-16)13-15-6-8-17(29-3)9-7-15/h6-11,16H,4-5,12-14H2,1-3H3/t16-/m1/s1. The highest BCUT2D eigenvalue weighted by Crippen LogP contribution is 2.27. The Kier molecular flexibility index (Phi) is 5.24. The van der Waals surface area contributed by atoms with Gasteiger partial charge >= 0.3 is 5.69 Å². The van der Waals surface area contributed by atoms with Crippen LogP contribution >= 0.6 is 0 Å². The summed E-state index contributed by atoms with van der Waals surface area (Å²) in [6.07, 6.45) is 2.15. The lowest BCUT2D eigenvalue weighted by Gasteiger charge is -2.32. The Hall–Kier alpha value is -2.93. The van der Waals surface area contributed by atoms with Crippen molar-refractivity contribution in [2.45, 2.75) is 25.3 Å². The van der Waals surface area contributed by atoms with E-state index in [1.54, 1.807) is 14.2 Å². The van der Waals surface area contributed by atoms with Crippen molar-refractivity contribution in [2.75, 3.05) is 20.2 Å². The van der Waals surface area contributed by atoms with Crippen LogP contribution in [0.15, 0.2) is 46.0 Å². The maximum atomic E-state index is 12.4. The van der Waals surface area contributed by atoms with E-state index in [1.807, 2.05) is 24.3 Å². The number of fused-ring (bicyclic) bond motifs is 1. The molecule has 1 aliphatic rings. The first-order valence-corrected chi connectivity index (χ1v) is 9.90. The lowest BCUT2D eigenvalue weighted by Crippen LogP contribution is -2.38. The molecule has 4 rings (SSSR count). The molecule has 1 fully saturated rings. The van der Waals surface area contributed by atoms with Crippen LogP contribution in [-0.2, 0) is 20.6 Å². The largest absolute Gasteiger partial charge is 0.497 e. The maximum Gasteiger partial charge on any atom is 0.332 e. The average molecular weight is 394 g/mol. The van der Waals surface area contributed by atoms with E-state index in [2.05, 4.69) is 17.0 Å². The van der Waals surface area contributed by atoms with Crippen molar-refractivity contribution < 1.29 is 4.74 Å². The fourth-order valence-electron chi connectivity index (χ4n) is 4.13. The Labute approximate surface area is 169 Å². The molecule has 0 amide bonds. The summed E-state index contributed by atoms with van der Waals surface area (Å²) in [4.78, 5) is 31.8. The Morgan fingerprint density at radius 1 is 1.07 bits per heavy atom.